The minimum Gasteiger partial charge on any atom is -0.208 e. The molecule has 11 rings (SSSR count). The summed E-state index contributed by atoms with van der Waals surface area (Å²) in [5.74, 6) is 1.76. The van der Waals surface area contributed by atoms with Gasteiger partial charge in [0.05, 0.1) is 11.6 Å². The Balaban J connectivity index is 1.09. The molecule has 10 aromatic carbocycles. The van der Waals surface area contributed by atoms with Crippen LogP contribution in [0, 0.1) is 11.3 Å². The van der Waals surface area contributed by atoms with E-state index in [0.29, 0.717) is 23.0 Å². The summed E-state index contributed by atoms with van der Waals surface area (Å²) in [6.45, 7) is 0. The van der Waals surface area contributed by atoms with Gasteiger partial charge in [-0.25, -0.2) is 15.0 Å². The van der Waals surface area contributed by atoms with Gasteiger partial charge in [-0.3, -0.25) is 0 Å². The lowest BCUT2D eigenvalue weighted by Gasteiger charge is -2.19. The van der Waals surface area contributed by atoms with Crippen molar-refractivity contribution >= 4 is 32.3 Å². The second-order valence-corrected chi connectivity index (χ2v) is 15.4. The second-order valence-electron chi connectivity index (χ2n) is 15.4. The van der Waals surface area contributed by atoms with Crippen LogP contribution in [-0.2, 0) is 0 Å². The summed E-state index contributed by atoms with van der Waals surface area (Å²) < 4.78 is 0. The summed E-state index contributed by atoms with van der Waals surface area (Å²) >= 11 is 0. The van der Waals surface area contributed by atoms with Gasteiger partial charge in [-0.2, -0.15) is 5.26 Å². The smallest absolute Gasteiger partial charge is 0.164 e. The zero-order chi connectivity index (χ0) is 41.4. The molecule has 288 valence electrons. The minimum atomic E-state index is 0.577. The fraction of sp³-hybridized carbons (Fsp3) is 0. The summed E-state index contributed by atoms with van der Waals surface area (Å²) in [4.78, 5) is 15.6. The molecule has 0 radical (unpaired) electrons. The first-order valence-corrected chi connectivity index (χ1v) is 20.7. The topological polar surface area (TPSA) is 62.5 Å². The van der Waals surface area contributed by atoms with Crippen LogP contribution in [-0.4, -0.2) is 15.0 Å². The highest BCUT2D eigenvalue weighted by molar-refractivity contribution is 6.27. The molecule has 0 saturated carbocycles. The first kappa shape index (κ1) is 36.6. The Morgan fingerprint density at radius 1 is 0.306 bits per heavy atom. The van der Waals surface area contributed by atoms with Gasteiger partial charge < -0.3 is 0 Å². The van der Waals surface area contributed by atoms with Crippen LogP contribution in [0.3, 0.4) is 0 Å². The molecule has 0 spiro atoms. The highest BCUT2D eigenvalue weighted by Gasteiger charge is 2.20. The molecule has 0 N–H and O–H groups in total. The van der Waals surface area contributed by atoms with Crippen LogP contribution in [0.25, 0.3) is 111 Å². The maximum absolute atomic E-state index is 9.39. The summed E-state index contributed by atoms with van der Waals surface area (Å²) in [6, 6.07) is 78.2. The number of fused-ring (bicyclic) bond motifs is 4. The predicted molar refractivity (Wildman–Crippen MR) is 255 cm³/mol. The van der Waals surface area contributed by atoms with Gasteiger partial charge in [-0.15, -0.1) is 0 Å². The zero-order valence-corrected chi connectivity index (χ0v) is 33.6. The number of rotatable bonds is 7. The number of nitrogens with zero attached hydrogens (tertiary/aromatic N) is 4. The van der Waals surface area contributed by atoms with Crippen molar-refractivity contribution < 1.29 is 0 Å². The fourth-order valence-corrected chi connectivity index (χ4v) is 8.83. The fourth-order valence-electron chi connectivity index (χ4n) is 8.83. The van der Waals surface area contributed by atoms with E-state index in [-0.39, 0.29) is 0 Å². The molecule has 0 atom stereocenters. The van der Waals surface area contributed by atoms with Gasteiger partial charge in [0.25, 0.3) is 0 Å². The molecule has 0 aliphatic carbocycles. The van der Waals surface area contributed by atoms with E-state index in [4.69, 9.17) is 15.0 Å². The van der Waals surface area contributed by atoms with Gasteiger partial charge in [0, 0.05) is 16.7 Å². The molecule has 0 bridgehead atoms. The average molecular weight is 789 g/mol. The lowest BCUT2D eigenvalue weighted by molar-refractivity contribution is 1.07. The molecule has 0 saturated heterocycles. The van der Waals surface area contributed by atoms with Gasteiger partial charge in [-0.1, -0.05) is 200 Å². The van der Waals surface area contributed by atoms with Crippen LogP contribution in [0.4, 0.5) is 0 Å². The number of hydrogen-bond acceptors (Lipinski definition) is 4. The Labute approximate surface area is 359 Å². The number of hydrogen-bond donors (Lipinski definition) is 0. The van der Waals surface area contributed by atoms with Crippen molar-refractivity contribution in [3.05, 3.63) is 224 Å². The maximum atomic E-state index is 9.39. The monoisotopic (exact) mass is 788 g/mol. The molecular weight excluding hydrogens is 753 g/mol. The van der Waals surface area contributed by atoms with Crippen LogP contribution >= 0.6 is 0 Å². The third-order valence-corrected chi connectivity index (χ3v) is 11.8. The van der Waals surface area contributed by atoms with E-state index in [0.717, 1.165) is 44.5 Å². The van der Waals surface area contributed by atoms with Gasteiger partial charge in [0.2, 0.25) is 0 Å². The molecule has 0 aliphatic rings. The molecule has 4 nitrogen and oxygen atoms in total. The van der Waals surface area contributed by atoms with Crippen molar-refractivity contribution in [2.24, 2.45) is 0 Å². The van der Waals surface area contributed by atoms with Gasteiger partial charge in [-0.05, 0) is 95.0 Å². The van der Waals surface area contributed by atoms with Crippen molar-refractivity contribution in [3.63, 3.8) is 0 Å². The van der Waals surface area contributed by atoms with Crippen LogP contribution in [0.1, 0.15) is 5.56 Å². The van der Waals surface area contributed by atoms with E-state index in [9.17, 15) is 5.26 Å². The third kappa shape index (κ3) is 6.55. The summed E-state index contributed by atoms with van der Waals surface area (Å²) in [7, 11) is 0. The largest absolute Gasteiger partial charge is 0.208 e. The van der Waals surface area contributed by atoms with Crippen molar-refractivity contribution in [2.75, 3.05) is 0 Å². The molecule has 0 aliphatic heterocycles. The van der Waals surface area contributed by atoms with Crippen molar-refractivity contribution in [1.82, 2.24) is 15.0 Å². The lowest BCUT2D eigenvalue weighted by atomic mass is 9.84. The Morgan fingerprint density at radius 3 is 1.55 bits per heavy atom. The molecule has 0 unspecified atom stereocenters. The summed E-state index contributed by atoms with van der Waals surface area (Å²) in [5.41, 5.74) is 12.2. The van der Waals surface area contributed by atoms with Crippen LogP contribution < -0.4 is 0 Å². The highest BCUT2D eigenvalue weighted by atomic mass is 15.0. The molecule has 62 heavy (non-hydrogen) atoms. The second kappa shape index (κ2) is 15.6. The normalized spacial score (nSPS) is 11.2. The van der Waals surface area contributed by atoms with Crippen LogP contribution in [0.2, 0.25) is 0 Å². The molecule has 1 aromatic heterocycles. The van der Waals surface area contributed by atoms with E-state index in [1.165, 1.54) is 49.0 Å². The Kier molecular flexibility index (Phi) is 9.19. The summed E-state index contributed by atoms with van der Waals surface area (Å²) in [6.07, 6.45) is 0. The Morgan fingerprint density at radius 2 is 0.823 bits per heavy atom. The highest BCUT2D eigenvalue weighted by Crippen LogP contribution is 2.46. The Bertz CT molecular complexity index is 3500. The van der Waals surface area contributed by atoms with Gasteiger partial charge in [0.1, 0.15) is 0 Å². The maximum Gasteiger partial charge on any atom is 0.164 e. The zero-order valence-electron chi connectivity index (χ0n) is 33.6. The lowest BCUT2D eigenvalue weighted by Crippen LogP contribution is -2.01. The van der Waals surface area contributed by atoms with Gasteiger partial charge >= 0.3 is 0 Å². The number of aromatic nitrogens is 3. The molecule has 4 heteroatoms. The first-order valence-electron chi connectivity index (χ1n) is 20.7. The van der Waals surface area contributed by atoms with E-state index in [2.05, 4.69) is 176 Å². The molecule has 1 heterocycles. The molecular formula is C58H36N4. The van der Waals surface area contributed by atoms with E-state index >= 15 is 0 Å². The third-order valence-electron chi connectivity index (χ3n) is 11.8. The predicted octanol–water partition coefficient (Wildman–Crippen LogP) is 14.9. The van der Waals surface area contributed by atoms with Crippen molar-refractivity contribution in [1.29, 1.82) is 5.26 Å². The number of nitriles is 1. The van der Waals surface area contributed by atoms with E-state index < -0.39 is 0 Å². The average Bonchev–Trinajstić information content (AvgIpc) is 3.36. The quantitative estimate of drug-likeness (QED) is 0.119. The summed E-state index contributed by atoms with van der Waals surface area (Å²) in [5, 5.41) is 16.7. The molecule has 0 amide bonds. The number of benzene rings is 10. The Hall–Kier alpha value is -8.52. The minimum absolute atomic E-state index is 0.577. The molecule has 0 fully saturated rings. The van der Waals surface area contributed by atoms with Crippen molar-refractivity contribution in [2.45, 2.75) is 0 Å². The first-order chi connectivity index (χ1) is 30.7. The molecule has 11 aromatic rings. The van der Waals surface area contributed by atoms with Gasteiger partial charge in [0.15, 0.2) is 17.5 Å². The SMILES string of the molecule is N#Cc1ccc(-c2cccc(-c3nc(-c4ccc(-c5c6ccccc6c(-c6ccccc6)c6c5ccc5ccccc56)cc4)nc(-c4ccccc4-c4ccccc4)n3)c2)cc1. The van der Waals surface area contributed by atoms with Crippen LogP contribution in [0.15, 0.2) is 218 Å². The van der Waals surface area contributed by atoms with E-state index in [1.54, 1.807) is 0 Å². The van der Waals surface area contributed by atoms with Crippen LogP contribution in [0.5, 0.6) is 0 Å². The standard InChI is InChI=1S/C58H36N4/c59-37-38-26-28-39(29-27-38)45-19-13-20-46(36-45)57-60-56(61-58(62-57)51-25-12-9-21-47(51)40-14-3-1-4-15-40)44-32-30-43(31-33-44)53-49-23-10-11-24-50(49)54(42-17-5-2-6-18-42)55-48-22-8-7-16-41(48)34-35-52(53)55/h1-36H. The van der Waals surface area contributed by atoms with E-state index in [1.807, 2.05) is 48.5 Å². The van der Waals surface area contributed by atoms with Crippen molar-refractivity contribution in [3.8, 4) is 84.7 Å².